The van der Waals surface area contributed by atoms with Gasteiger partial charge in [-0.3, -0.25) is 9.59 Å². The molecule has 162 valence electrons. The van der Waals surface area contributed by atoms with E-state index in [9.17, 15) is 14.4 Å². The Kier molecular flexibility index (Phi) is 5.56. The number of rotatable bonds is 5. The molecule has 6 nitrogen and oxygen atoms in total. The summed E-state index contributed by atoms with van der Waals surface area (Å²) in [7, 11) is 0. The molecule has 0 radical (unpaired) electrons. The van der Waals surface area contributed by atoms with Crippen molar-refractivity contribution >= 4 is 17.8 Å². The largest absolute Gasteiger partial charge is 0.341 e. The molecule has 0 spiro atoms. The van der Waals surface area contributed by atoms with E-state index in [2.05, 4.69) is 19.2 Å². The second kappa shape index (κ2) is 8.17. The molecule has 2 aliphatic heterocycles. The summed E-state index contributed by atoms with van der Waals surface area (Å²) < 4.78 is 0. The van der Waals surface area contributed by atoms with Crippen molar-refractivity contribution in [1.29, 1.82) is 0 Å². The van der Waals surface area contributed by atoms with Gasteiger partial charge >= 0.3 is 6.03 Å². The Morgan fingerprint density at radius 3 is 2.13 bits per heavy atom. The number of nitrogens with zero attached hydrogens (tertiary/aromatic N) is 2. The van der Waals surface area contributed by atoms with Crippen LogP contribution in [-0.4, -0.2) is 40.7 Å². The first-order valence-corrected chi connectivity index (χ1v) is 10.9. The Morgan fingerprint density at radius 1 is 0.935 bits per heavy atom. The van der Waals surface area contributed by atoms with Gasteiger partial charge in [0, 0.05) is 13.1 Å². The molecule has 4 amide bonds. The number of hydrogen-bond donors (Lipinski definition) is 1. The molecule has 0 aromatic heterocycles. The summed E-state index contributed by atoms with van der Waals surface area (Å²) in [6, 6.07) is 15.3. The SMILES string of the molecule is CC(C)c1ccc(C2(C)NC(=O)N(C(C(=O)N3CCCC3)c3ccccc3)C2=O)cc1. The molecule has 31 heavy (non-hydrogen) atoms. The molecule has 2 fully saturated rings. The highest BCUT2D eigenvalue weighted by atomic mass is 16.2. The van der Waals surface area contributed by atoms with Crippen LogP contribution in [0, 0.1) is 0 Å². The minimum atomic E-state index is -1.22. The van der Waals surface area contributed by atoms with Crippen molar-refractivity contribution in [1.82, 2.24) is 15.1 Å². The van der Waals surface area contributed by atoms with E-state index in [1.807, 2.05) is 42.5 Å². The van der Waals surface area contributed by atoms with E-state index in [1.165, 1.54) is 0 Å². The number of likely N-dealkylation sites (tertiary alicyclic amines) is 1. The Labute approximate surface area is 183 Å². The summed E-state index contributed by atoms with van der Waals surface area (Å²) in [5.74, 6) is -0.240. The van der Waals surface area contributed by atoms with Crippen LogP contribution in [-0.2, 0) is 15.1 Å². The lowest BCUT2D eigenvalue weighted by Gasteiger charge is -2.30. The molecule has 0 bridgehead atoms. The number of amides is 4. The van der Waals surface area contributed by atoms with Gasteiger partial charge in [-0.2, -0.15) is 0 Å². The van der Waals surface area contributed by atoms with Gasteiger partial charge in [0.15, 0.2) is 0 Å². The van der Waals surface area contributed by atoms with Crippen LogP contribution < -0.4 is 5.32 Å². The van der Waals surface area contributed by atoms with E-state index in [1.54, 1.807) is 24.0 Å². The van der Waals surface area contributed by atoms with Gasteiger partial charge in [-0.25, -0.2) is 9.69 Å². The second-order valence-electron chi connectivity index (χ2n) is 8.85. The van der Waals surface area contributed by atoms with E-state index in [4.69, 9.17) is 0 Å². The van der Waals surface area contributed by atoms with Gasteiger partial charge in [-0.05, 0) is 42.4 Å². The van der Waals surface area contributed by atoms with E-state index in [0.29, 0.717) is 30.1 Å². The van der Waals surface area contributed by atoms with Crippen molar-refractivity contribution in [2.24, 2.45) is 0 Å². The van der Waals surface area contributed by atoms with E-state index < -0.39 is 23.5 Å². The van der Waals surface area contributed by atoms with Crippen LogP contribution in [0.4, 0.5) is 4.79 Å². The van der Waals surface area contributed by atoms with E-state index >= 15 is 0 Å². The van der Waals surface area contributed by atoms with Crippen LogP contribution in [0.25, 0.3) is 0 Å². The highest BCUT2D eigenvalue weighted by Gasteiger charge is 2.53. The summed E-state index contributed by atoms with van der Waals surface area (Å²) in [5.41, 5.74) is 1.29. The molecule has 4 rings (SSSR count). The standard InChI is InChI=1S/C25H29N3O3/c1-17(2)18-11-13-20(14-12-18)25(3)23(30)28(24(31)26-25)21(19-9-5-4-6-10-19)22(29)27-15-7-8-16-27/h4-6,9-14,17,21H,7-8,15-16H2,1-3H3,(H,26,31). The summed E-state index contributed by atoms with van der Waals surface area (Å²) in [6.07, 6.45) is 1.88. The smallest absolute Gasteiger partial charge is 0.326 e. The molecule has 0 saturated carbocycles. The highest BCUT2D eigenvalue weighted by Crippen LogP contribution is 2.36. The van der Waals surface area contributed by atoms with Crippen molar-refractivity contribution in [3.05, 3.63) is 71.3 Å². The molecule has 2 aromatic carbocycles. The first kappa shape index (κ1) is 21.1. The van der Waals surface area contributed by atoms with Crippen molar-refractivity contribution in [2.45, 2.75) is 51.1 Å². The van der Waals surface area contributed by atoms with Crippen molar-refractivity contribution in [3.63, 3.8) is 0 Å². The fourth-order valence-corrected chi connectivity index (χ4v) is 4.44. The lowest BCUT2D eigenvalue weighted by molar-refractivity contribution is -0.143. The van der Waals surface area contributed by atoms with Gasteiger partial charge in [0.05, 0.1) is 0 Å². The third-order valence-electron chi connectivity index (χ3n) is 6.40. The predicted molar refractivity (Wildman–Crippen MR) is 118 cm³/mol. The minimum Gasteiger partial charge on any atom is -0.341 e. The normalized spacial score (nSPS) is 22.2. The Bertz CT molecular complexity index is 981. The molecule has 2 aromatic rings. The molecule has 0 aliphatic carbocycles. The lowest BCUT2D eigenvalue weighted by atomic mass is 9.89. The van der Waals surface area contributed by atoms with E-state index in [0.717, 1.165) is 23.3 Å². The predicted octanol–water partition coefficient (Wildman–Crippen LogP) is 3.94. The lowest BCUT2D eigenvalue weighted by Crippen LogP contribution is -2.46. The first-order chi connectivity index (χ1) is 14.8. The maximum absolute atomic E-state index is 13.7. The zero-order chi connectivity index (χ0) is 22.2. The molecule has 1 N–H and O–H groups in total. The maximum Gasteiger partial charge on any atom is 0.326 e. The molecule has 2 saturated heterocycles. The average molecular weight is 420 g/mol. The number of nitrogens with one attached hydrogen (secondary N) is 1. The Balaban J connectivity index is 1.71. The van der Waals surface area contributed by atoms with Crippen LogP contribution in [0.15, 0.2) is 54.6 Å². The molecule has 2 aliphatic rings. The number of urea groups is 1. The minimum absolute atomic E-state index is 0.202. The Hall–Kier alpha value is -3.15. The molecule has 2 unspecified atom stereocenters. The first-order valence-electron chi connectivity index (χ1n) is 10.9. The summed E-state index contributed by atoms with van der Waals surface area (Å²) in [5, 5.41) is 2.86. The fourth-order valence-electron chi connectivity index (χ4n) is 4.44. The van der Waals surface area contributed by atoms with Crippen LogP contribution in [0.1, 0.15) is 62.3 Å². The second-order valence-corrected chi connectivity index (χ2v) is 8.85. The zero-order valence-corrected chi connectivity index (χ0v) is 18.3. The molecule has 6 heteroatoms. The number of imide groups is 1. The van der Waals surface area contributed by atoms with Gasteiger partial charge < -0.3 is 10.2 Å². The number of carbonyl (C=O) groups is 3. The quantitative estimate of drug-likeness (QED) is 0.747. The van der Waals surface area contributed by atoms with Crippen molar-refractivity contribution in [3.8, 4) is 0 Å². The van der Waals surface area contributed by atoms with Crippen LogP contribution in [0.2, 0.25) is 0 Å². The van der Waals surface area contributed by atoms with Gasteiger partial charge in [-0.1, -0.05) is 68.4 Å². The molecular weight excluding hydrogens is 390 g/mol. The molecule has 2 atom stereocenters. The topological polar surface area (TPSA) is 69.7 Å². The number of hydrogen-bond acceptors (Lipinski definition) is 3. The number of benzene rings is 2. The summed E-state index contributed by atoms with van der Waals surface area (Å²) in [4.78, 5) is 43.1. The summed E-state index contributed by atoms with van der Waals surface area (Å²) in [6.45, 7) is 7.23. The van der Waals surface area contributed by atoms with Crippen molar-refractivity contribution < 1.29 is 14.4 Å². The Morgan fingerprint density at radius 2 is 1.55 bits per heavy atom. The van der Waals surface area contributed by atoms with Gasteiger partial charge in [0.1, 0.15) is 11.6 Å². The summed E-state index contributed by atoms with van der Waals surface area (Å²) >= 11 is 0. The van der Waals surface area contributed by atoms with Crippen LogP contribution in [0.5, 0.6) is 0 Å². The number of carbonyl (C=O) groups excluding carboxylic acids is 3. The van der Waals surface area contributed by atoms with Gasteiger partial charge in [-0.15, -0.1) is 0 Å². The molecule has 2 heterocycles. The average Bonchev–Trinajstić information content (AvgIpc) is 3.38. The van der Waals surface area contributed by atoms with Crippen molar-refractivity contribution in [2.75, 3.05) is 13.1 Å². The monoisotopic (exact) mass is 419 g/mol. The zero-order valence-electron chi connectivity index (χ0n) is 18.3. The third-order valence-corrected chi connectivity index (χ3v) is 6.40. The maximum atomic E-state index is 13.7. The fraction of sp³-hybridized carbons (Fsp3) is 0.400. The highest BCUT2D eigenvalue weighted by molar-refractivity contribution is 6.10. The van der Waals surface area contributed by atoms with Crippen LogP contribution in [0.3, 0.4) is 0 Å². The third kappa shape index (κ3) is 3.71. The van der Waals surface area contributed by atoms with E-state index in [-0.39, 0.29) is 5.91 Å². The van der Waals surface area contributed by atoms with Crippen LogP contribution >= 0.6 is 0 Å². The van der Waals surface area contributed by atoms with Gasteiger partial charge in [0.25, 0.3) is 11.8 Å². The van der Waals surface area contributed by atoms with Gasteiger partial charge in [0.2, 0.25) is 0 Å². The molecular formula is C25H29N3O3.